The Bertz CT molecular complexity index is 1230. The third-order valence-electron chi connectivity index (χ3n) is 7.99. The second-order valence-corrected chi connectivity index (χ2v) is 11.0. The summed E-state index contributed by atoms with van der Waals surface area (Å²) >= 11 is 0. The third-order valence-corrected chi connectivity index (χ3v) is 7.99. The van der Waals surface area contributed by atoms with Crippen LogP contribution in [0.3, 0.4) is 0 Å². The smallest absolute Gasteiger partial charge is 0.255 e. The molecule has 2 fully saturated rings. The first-order valence-corrected chi connectivity index (χ1v) is 14.1. The van der Waals surface area contributed by atoms with Crippen LogP contribution in [0.15, 0.2) is 48.9 Å². The molecule has 3 heterocycles. The number of anilines is 1. The minimum atomic E-state index is -0.216. The monoisotopic (exact) mass is 531 g/mol. The Morgan fingerprint density at radius 1 is 1.05 bits per heavy atom. The quantitative estimate of drug-likeness (QED) is 0.415. The van der Waals surface area contributed by atoms with E-state index in [-0.39, 0.29) is 23.9 Å². The van der Waals surface area contributed by atoms with Gasteiger partial charge < -0.3 is 25.6 Å². The molecular formula is C30H41N7O2. The Balaban J connectivity index is 1.10. The van der Waals surface area contributed by atoms with E-state index in [1.54, 1.807) is 23.1 Å². The Morgan fingerprint density at radius 3 is 2.56 bits per heavy atom. The lowest BCUT2D eigenvalue weighted by atomic mass is 10.1. The van der Waals surface area contributed by atoms with Crippen LogP contribution < -0.4 is 11.1 Å². The summed E-state index contributed by atoms with van der Waals surface area (Å²) in [5.41, 5.74) is 10.7. The molecule has 1 aromatic carbocycles. The van der Waals surface area contributed by atoms with Crippen molar-refractivity contribution in [1.82, 2.24) is 29.9 Å². The Labute approximate surface area is 231 Å². The first-order chi connectivity index (χ1) is 18.9. The number of nitrogens with one attached hydrogen (secondary N) is 1. The van der Waals surface area contributed by atoms with Crippen LogP contribution in [0.4, 0.5) is 5.82 Å². The van der Waals surface area contributed by atoms with Gasteiger partial charge in [0.25, 0.3) is 5.91 Å². The summed E-state index contributed by atoms with van der Waals surface area (Å²) in [5, 5.41) is 7.36. The summed E-state index contributed by atoms with van der Waals surface area (Å²) in [4.78, 5) is 22.4. The maximum absolute atomic E-state index is 13.2. The molecule has 208 valence electrons. The summed E-state index contributed by atoms with van der Waals surface area (Å²) in [6.07, 6.45) is 10.4. The average Bonchev–Trinajstić information content (AvgIpc) is 3.58. The standard InChI is InChI=1S/C30H41N7O2/c1-35-13-15-37(16-14-35)12-4-5-22-8-10-23(11-9-22)21-39-28-7-3-6-27(28)34-30(38)26-17-24(18-32-29(26)31)25-19-33-36(2)20-25/h8-11,17-20,27-28H,3-7,12-16,21H2,1-2H3,(H2,31,32)(H,34,38)/t27-,28?/m0/s1. The molecule has 1 aliphatic heterocycles. The Morgan fingerprint density at radius 2 is 1.82 bits per heavy atom. The van der Waals surface area contributed by atoms with Gasteiger partial charge in [0, 0.05) is 56.7 Å². The molecule has 0 radical (unpaired) electrons. The van der Waals surface area contributed by atoms with E-state index in [0.29, 0.717) is 12.2 Å². The van der Waals surface area contributed by atoms with Crippen LogP contribution in [0.1, 0.15) is 47.2 Å². The number of hydrogen-bond acceptors (Lipinski definition) is 7. The maximum Gasteiger partial charge on any atom is 0.255 e. The fourth-order valence-corrected chi connectivity index (χ4v) is 5.51. The van der Waals surface area contributed by atoms with Crippen molar-refractivity contribution in [3.05, 3.63) is 65.6 Å². The molecule has 9 nitrogen and oxygen atoms in total. The van der Waals surface area contributed by atoms with Crippen molar-refractivity contribution in [2.75, 3.05) is 45.5 Å². The van der Waals surface area contributed by atoms with Gasteiger partial charge in [-0.1, -0.05) is 24.3 Å². The minimum Gasteiger partial charge on any atom is -0.383 e. The van der Waals surface area contributed by atoms with Crippen LogP contribution in [0.5, 0.6) is 0 Å². The zero-order chi connectivity index (χ0) is 27.2. The zero-order valence-electron chi connectivity index (χ0n) is 23.2. The molecule has 1 saturated heterocycles. The number of ether oxygens (including phenoxy) is 1. The fourth-order valence-electron chi connectivity index (χ4n) is 5.51. The van der Waals surface area contributed by atoms with Gasteiger partial charge in [0.15, 0.2) is 0 Å². The second-order valence-electron chi connectivity index (χ2n) is 11.0. The Hall–Kier alpha value is -3.27. The normalized spacial score (nSPS) is 20.4. The highest BCUT2D eigenvalue weighted by atomic mass is 16.5. The number of aromatic nitrogens is 3. The lowest BCUT2D eigenvalue weighted by Crippen LogP contribution is -2.44. The lowest BCUT2D eigenvalue weighted by Gasteiger charge is -2.32. The summed E-state index contributed by atoms with van der Waals surface area (Å²) in [6.45, 7) is 6.41. The van der Waals surface area contributed by atoms with Gasteiger partial charge in [-0.25, -0.2) is 4.98 Å². The second kappa shape index (κ2) is 12.7. The highest BCUT2D eigenvalue weighted by molar-refractivity contribution is 5.99. The van der Waals surface area contributed by atoms with E-state index in [0.717, 1.165) is 42.4 Å². The molecule has 2 atom stereocenters. The summed E-state index contributed by atoms with van der Waals surface area (Å²) < 4.78 is 8.01. The summed E-state index contributed by atoms with van der Waals surface area (Å²) in [6, 6.07) is 10.5. The summed E-state index contributed by atoms with van der Waals surface area (Å²) in [5.74, 6) is 0.00592. The number of carbonyl (C=O) groups is 1. The van der Waals surface area contributed by atoms with Crippen LogP contribution in [-0.2, 0) is 24.8 Å². The van der Waals surface area contributed by atoms with Crippen molar-refractivity contribution in [2.45, 2.75) is 50.9 Å². The number of rotatable bonds is 10. The number of hydrogen-bond donors (Lipinski definition) is 2. The van der Waals surface area contributed by atoms with Crippen LogP contribution in [0, 0.1) is 0 Å². The van der Waals surface area contributed by atoms with Gasteiger partial charge >= 0.3 is 0 Å². The number of nitrogen functional groups attached to an aromatic ring is 1. The molecule has 39 heavy (non-hydrogen) atoms. The van der Waals surface area contributed by atoms with Crippen LogP contribution in [0.25, 0.3) is 11.1 Å². The van der Waals surface area contributed by atoms with Crippen LogP contribution in [0.2, 0.25) is 0 Å². The van der Waals surface area contributed by atoms with E-state index >= 15 is 0 Å². The highest BCUT2D eigenvalue weighted by Gasteiger charge is 2.30. The number of benzene rings is 1. The first kappa shape index (κ1) is 27.3. The van der Waals surface area contributed by atoms with Crippen LogP contribution >= 0.6 is 0 Å². The number of nitrogens with two attached hydrogens (primary N) is 1. The van der Waals surface area contributed by atoms with Crippen molar-refractivity contribution >= 4 is 11.7 Å². The number of amides is 1. The van der Waals surface area contributed by atoms with Gasteiger partial charge in [0.1, 0.15) is 5.82 Å². The number of carbonyl (C=O) groups excluding carboxylic acids is 1. The zero-order valence-corrected chi connectivity index (χ0v) is 23.2. The van der Waals surface area contributed by atoms with Crippen molar-refractivity contribution in [3.8, 4) is 11.1 Å². The molecular weight excluding hydrogens is 490 g/mol. The number of nitrogens with zero attached hydrogens (tertiary/aromatic N) is 5. The molecule has 3 aromatic rings. The minimum absolute atomic E-state index is 0.0205. The molecule has 0 spiro atoms. The molecule has 9 heteroatoms. The molecule has 1 unspecified atom stereocenters. The maximum atomic E-state index is 13.2. The van der Waals surface area contributed by atoms with E-state index in [2.05, 4.69) is 56.5 Å². The van der Waals surface area contributed by atoms with E-state index < -0.39 is 0 Å². The largest absolute Gasteiger partial charge is 0.383 e. The Kier molecular flexibility index (Phi) is 8.91. The van der Waals surface area contributed by atoms with Gasteiger partial charge in [-0.2, -0.15) is 5.10 Å². The van der Waals surface area contributed by atoms with Gasteiger partial charge in [-0.15, -0.1) is 0 Å². The summed E-state index contributed by atoms with van der Waals surface area (Å²) in [7, 11) is 4.05. The van der Waals surface area contributed by atoms with Crippen molar-refractivity contribution < 1.29 is 9.53 Å². The van der Waals surface area contributed by atoms with Gasteiger partial charge in [0.05, 0.1) is 30.5 Å². The number of pyridine rings is 1. The average molecular weight is 532 g/mol. The van der Waals surface area contributed by atoms with E-state index in [1.165, 1.54) is 44.7 Å². The van der Waals surface area contributed by atoms with Crippen molar-refractivity contribution in [3.63, 3.8) is 0 Å². The van der Waals surface area contributed by atoms with Gasteiger partial charge in [-0.3, -0.25) is 9.48 Å². The lowest BCUT2D eigenvalue weighted by molar-refractivity contribution is 0.0272. The molecule has 1 saturated carbocycles. The topological polar surface area (TPSA) is 102 Å². The molecule has 3 N–H and O–H groups in total. The number of aryl methyl sites for hydroxylation is 2. The third kappa shape index (κ3) is 7.23. The fraction of sp³-hybridized carbons (Fsp3) is 0.500. The van der Waals surface area contributed by atoms with E-state index in [4.69, 9.17) is 10.5 Å². The van der Waals surface area contributed by atoms with Crippen molar-refractivity contribution in [1.29, 1.82) is 0 Å². The molecule has 5 rings (SSSR count). The SMILES string of the molecule is CN1CCN(CCCc2ccc(COC3CCC[C@@H]3NC(=O)c3cc(-c4cnn(C)c4)cnc3N)cc2)CC1. The van der Waals surface area contributed by atoms with E-state index in [9.17, 15) is 4.79 Å². The van der Waals surface area contributed by atoms with Crippen LogP contribution in [-0.4, -0.2) is 82.4 Å². The predicted octanol–water partition coefficient (Wildman–Crippen LogP) is 3.11. The molecule has 0 bridgehead atoms. The van der Waals surface area contributed by atoms with Crippen molar-refractivity contribution in [2.24, 2.45) is 7.05 Å². The molecule has 1 aliphatic carbocycles. The predicted molar refractivity (Wildman–Crippen MR) is 153 cm³/mol. The highest BCUT2D eigenvalue weighted by Crippen LogP contribution is 2.26. The molecule has 2 aromatic heterocycles. The number of likely N-dealkylation sites (N-methyl/N-ethyl adjacent to an activating group) is 1. The van der Waals surface area contributed by atoms with Gasteiger partial charge in [0.2, 0.25) is 0 Å². The van der Waals surface area contributed by atoms with Gasteiger partial charge in [-0.05, 0) is 62.9 Å². The molecule has 2 aliphatic rings. The number of piperazine rings is 1. The first-order valence-electron chi connectivity index (χ1n) is 14.1. The van der Waals surface area contributed by atoms with E-state index in [1.807, 2.05) is 13.2 Å². The molecule has 1 amide bonds.